The number of methoxy groups -OCH3 is 1. The summed E-state index contributed by atoms with van der Waals surface area (Å²) in [6.07, 6.45) is -23.7. The Morgan fingerprint density at radius 2 is 0.829 bits per heavy atom. The van der Waals surface area contributed by atoms with Crippen LogP contribution in [-0.2, 0) is 28.4 Å². The Hall–Kier alpha value is -0.640. The molecule has 3 fully saturated rings. The predicted octanol–water partition coefficient (Wildman–Crippen LogP) is -6.92. The maximum atomic E-state index is 10.3. The highest BCUT2D eigenvalue weighted by molar-refractivity contribution is 4.93. The number of rotatable bonds is 8. The lowest BCUT2D eigenvalue weighted by Gasteiger charge is -2.43. The predicted molar refractivity (Wildman–Crippen MR) is 106 cm³/mol. The van der Waals surface area contributed by atoms with E-state index in [1.807, 2.05) is 0 Å². The van der Waals surface area contributed by atoms with E-state index in [4.69, 9.17) is 28.4 Å². The molecule has 0 bridgehead atoms. The second kappa shape index (κ2) is 12.3. The third-order valence-electron chi connectivity index (χ3n) is 6.20. The Bertz CT molecular complexity index is 656. The first-order valence-electron chi connectivity index (χ1n) is 11.0. The molecule has 15 unspecified atom stereocenters. The number of hydrogen-bond acceptors (Lipinski definition) is 16. The first kappa shape index (κ1) is 28.9. The summed E-state index contributed by atoms with van der Waals surface area (Å²) in [5.41, 5.74) is 0. The first-order valence-corrected chi connectivity index (χ1v) is 11.0. The average Bonchev–Trinajstić information content (AvgIpc) is 2.84. The van der Waals surface area contributed by atoms with E-state index in [1.165, 1.54) is 7.11 Å². The molecule has 0 saturated carbocycles. The Morgan fingerprint density at radius 1 is 0.457 bits per heavy atom. The molecule has 0 aromatic heterocycles. The molecule has 206 valence electrons. The van der Waals surface area contributed by atoms with Gasteiger partial charge in [-0.25, -0.2) is 0 Å². The normalized spacial score (nSPS) is 51.3. The van der Waals surface area contributed by atoms with Crippen molar-refractivity contribution in [2.45, 2.75) is 92.1 Å². The molecule has 0 aromatic carbocycles. The van der Waals surface area contributed by atoms with Crippen LogP contribution in [0.2, 0.25) is 0 Å². The quantitative estimate of drug-likeness (QED) is 0.143. The fraction of sp³-hybridized carbons (Fsp3) is 1.00. The highest BCUT2D eigenvalue weighted by atomic mass is 16.7. The van der Waals surface area contributed by atoms with Gasteiger partial charge in [0.15, 0.2) is 18.9 Å². The largest absolute Gasteiger partial charge is 0.387 e. The number of ether oxygens (including phenoxy) is 6. The molecule has 0 amide bonds. The van der Waals surface area contributed by atoms with Crippen molar-refractivity contribution in [2.75, 3.05) is 26.9 Å². The van der Waals surface area contributed by atoms with E-state index in [0.29, 0.717) is 0 Å². The van der Waals surface area contributed by atoms with Crippen molar-refractivity contribution < 1.29 is 79.5 Å². The van der Waals surface area contributed by atoms with Crippen molar-refractivity contribution in [3.05, 3.63) is 0 Å². The molecule has 16 nitrogen and oxygen atoms in total. The fourth-order valence-electron chi connectivity index (χ4n) is 4.00. The van der Waals surface area contributed by atoms with Crippen LogP contribution in [0.3, 0.4) is 0 Å². The molecular weight excluding hydrogens is 484 g/mol. The van der Waals surface area contributed by atoms with Crippen molar-refractivity contribution in [2.24, 2.45) is 0 Å². The summed E-state index contributed by atoms with van der Waals surface area (Å²) in [5, 5.41) is 99.7. The van der Waals surface area contributed by atoms with E-state index in [-0.39, 0.29) is 6.61 Å². The summed E-state index contributed by atoms with van der Waals surface area (Å²) in [5.74, 6) is 0. The number of hydrogen-bond donors (Lipinski definition) is 10. The Labute approximate surface area is 199 Å². The zero-order chi connectivity index (χ0) is 26.0. The molecule has 16 heteroatoms. The second-order valence-electron chi connectivity index (χ2n) is 8.69. The SMILES string of the molecule is COCC1OC(OCC2OC(OCC3OC(O)C(O)C(O)C3O)C(O)C(O)C2O)C(O)C(O)C1O. The lowest BCUT2D eigenvalue weighted by molar-refractivity contribution is -0.340. The number of aliphatic hydroxyl groups excluding tert-OH is 10. The van der Waals surface area contributed by atoms with Gasteiger partial charge in [0, 0.05) is 7.11 Å². The maximum Gasteiger partial charge on any atom is 0.186 e. The first-order chi connectivity index (χ1) is 16.5. The summed E-state index contributed by atoms with van der Waals surface area (Å²) in [7, 11) is 1.34. The monoisotopic (exact) mass is 518 g/mol. The van der Waals surface area contributed by atoms with Crippen molar-refractivity contribution >= 4 is 0 Å². The molecule has 15 atom stereocenters. The van der Waals surface area contributed by atoms with Gasteiger partial charge in [-0.05, 0) is 0 Å². The topological polar surface area (TPSA) is 258 Å². The molecule has 10 N–H and O–H groups in total. The van der Waals surface area contributed by atoms with Gasteiger partial charge in [-0.2, -0.15) is 0 Å². The highest BCUT2D eigenvalue weighted by Gasteiger charge is 2.49. The van der Waals surface area contributed by atoms with Crippen LogP contribution in [0.15, 0.2) is 0 Å². The van der Waals surface area contributed by atoms with Gasteiger partial charge in [0.1, 0.15) is 73.2 Å². The third-order valence-corrected chi connectivity index (χ3v) is 6.20. The zero-order valence-electron chi connectivity index (χ0n) is 18.7. The van der Waals surface area contributed by atoms with Gasteiger partial charge in [0.2, 0.25) is 0 Å². The highest BCUT2D eigenvalue weighted by Crippen LogP contribution is 2.27. The van der Waals surface area contributed by atoms with Crippen molar-refractivity contribution in [1.29, 1.82) is 0 Å². The van der Waals surface area contributed by atoms with E-state index < -0.39 is 105 Å². The van der Waals surface area contributed by atoms with Gasteiger partial charge in [0.25, 0.3) is 0 Å². The van der Waals surface area contributed by atoms with Crippen LogP contribution in [0.4, 0.5) is 0 Å². The standard InChI is InChI=1S/C19H34O16/c1-30-2-5-8(20)12(24)15(27)18(34-5)32-4-7-10(22)13(25)16(28)19(35-7)31-3-6-9(21)11(23)14(26)17(29)33-6/h5-29H,2-4H2,1H3. The minimum atomic E-state index is -1.81. The molecule has 3 aliphatic heterocycles. The van der Waals surface area contributed by atoms with Crippen LogP contribution < -0.4 is 0 Å². The van der Waals surface area contributed by atoms with Gasteiger partial charge in [-0.1, -0.05) is 0 Å². The van der Waals surface area contributed by atoms with Crippen molar-refractivity contribution in [3.8, 4) is 0 Å². The van der Waals surface area contributed by atoms with Gasteiger partial charge in [-0.3, -0.25) is 0 Å². The van der Waals surface area contributed by atoms with Gasteiger partial charge in [0.05, 0.1) is 19.8 Å². The molecule has 3 aliphatic rings. The van der Waals surface area contributed by atoms with Crippen molar-refractivity contribution in [3.63, 3.8) is 0 Å². The lowest BCUT2D eigenvalue weighted by atomic mass is 9.98. The van der Waals surface area contributed by atoms with Crippen LogP contribution in [0.1, 0.15) is 0 Å². The van der Waals surface area contributed by atoms with E-state index in [0.717, 1.165) is 0 Å². The molecule has 3 heterocycles. The van der Waals surface area contributed by atoms with Crippen LogP contribution in [0, 0.1) is 0 Å². The van der Waals surface area contributed by atoms with Crippen LogP contribution in [0.5, 0.6) is 0 Å². The number of aliphatic hydroxyl groups is 10. The van der Waals surface area contributed by atoms with Gasteiger partial charge < -0.3 is 79.5 Å². The van der Waals surface area contributed by atoms with Crippen LogP contribution in [0.25, 0.3) is 0 Å². The van der Waals surface area contributed by atoms with E-state index in [1.54, 1.807) is 0 Å². The summed E-state index contributed by atoms with van der Waals surface area (Å²) in [6.45, 7) is -1.21. The summed E-state index contributed by atoms with van der Waals surface area (Å²) >= 11 is 0. The Morgan fingerprint density at radius 3 is 1.26 bits per heavy atom. The van der Waals surface area contributed by atoms with Gasteiger partial charge >= 0.3 is 0 Å². The van der Waals surface area contributed by atoms with Gasteiger partial charge in [-0.15, -0.1) is 0 Å². The zero-order valence-corrected chi connectivity index (χ0v) is 18.7. The summed E-state index contributed by atoms with van der Waals surface area (Å²) < 4.78 is 31.4. The smallest absolute Gasteiger partial charge is 0.186 e. The third kappa shape index (κ3) is 6.27. The second-order valence-corrected chi connectivity index (χ2v) is 8.69. The molecule has 0 aliphatic carbocycles. The molecule has 0 radical (unpaired) electrons. The molecule has 0 spiro atoms. The minimum absolute atomic E-state index is 0.121. The van der Waals surface area contributed by atoms with Crippen molar-refractivity contribution in [1.82, 2.24) is 0 Å². The molecule has 3 saturated heterocycles. The molecule has 0 aromatic rings. The Kier molecular flexibility index (Phi) is 10.1. The van der Waals surface area contributed by atoms with Crippen LogP contribution >= 0.6 is 0 Å². The average molecular weight is 518 g/mol. The molecule has 35 heavy (non-hydrogen) atoms. The maximum absolute atomic E-state index is 10.3. The molecular formula is C19H34O16. The molecule has 3 rings (SSSR count). The summed E-state index contributed by atoms with van der Waals surface area (Å²) in [4.78, 5) is 0. The van der Waals surface area contributed by atoms with E-state index >= 15 is 0 Å². The van der Waals surface area contributed by atoms with Crippen LogP contribution in [-0.4, -0.2) is 170 Å². The van der Waals surface area contributed by atoms with E-state index in [2.05, 4.69) is 0 Å². The van der Waals surface area contributed by atoms with E-state index in [9.17, 15) is 51.1 Å². The fourth-order valence-corrected chi connectivity index (χ4v) is 4.00. The minimum Gasteiger partial charge on any atom is -0.387 e. The summed E-state index contributed by atoms with van der Waals surface area (Å²) in [6, 6.07) is 0. The lowest BCUT2D eigenvalue weighted by Crippen LogP contribution is -2.62. The Balaban J connectivity index is 1.58.